The molecule has 0 saturated carbocycles. The minimum Gasteiger partial charge on any atom is -0.230 e. The van der Waals surface area contributed by atoms with Crippen LogP contribution in [0.3, 0.4) is 0 Å². The third-order valence-electron chi connectivity index (χ3n) is 5.15. The van der Waals surface area contributed by atoms with E-state index in [0.717, 1.165) is 33.5 Å². The van der Waals surface area contributed by atoms with Gasteiger partial charge in [0, 0.05) is 23.5 Å². The summed E-state index contributed by atoms with van der Waals surface area (Å²) in [4.78, 5) is 8.64. The highest BCUT2D eigenvalue weighted by atomic mass is 32.2. The molecule has 5 rings (SSSR count). The first-order valence-electron chi connectivity index (χ1n) is 10.4. The van der Waals surface area contributed by atoms with Crippen LogP contribution in [0, 0.1) is 0 Å². The third-order valence-corrected chi connectivity index (χ3v) is 5.80. The topological polar surface area (TPSA) is 39.9 Å². The highest BCUT2D eigenvalue weighted by Crippen LogP contribution is 2.42. The van der Waals surface area contributed by atoms with Gasteiger partial charge in [0.25, 0.3) is 0 Å². The Morgan fingerprint density at radius 3 is 1.47 bits per heavy atom. The summed E-state index contributed by atoms with van der Waals surface area (Å²) in [7, 11) is 0. The SMILES string of the molecule is c1ccc(-c2cc(-c3ccccc3)c([N]Sc3ncccn3)c(-c3ccccc3)c2)cc1. The van der Waals surface area contributed by atoms with Crippen molar-refractivity contribution in [1.29, 1.82) is 0 Å². The molecule has 0 aliphatic carbocycles. The Kier molecular flexibility index (Phi) is 5.95. The second kappa shape index (κ2) is 9.50. The van der Waals surface area contributed by atoms with E-state index in [1.807, 2.05) is 24.3 Å². The molecule has 0 amide bonds. The molecular formula is C28H20N3S. The molecule has 4 heteroatoms. The van der Waals surface area contributed by atoms with E-state index >= 15 is 0 Å². The number of rotatable bonds is 6. The molecule has 153 valence electrons. The van der Waals surface area contributed by atoms with Crippen LogP contribution in [0.5, 0.6) is 0 Å². The summed E-state index contributed by atoms with van der Waals surface area (Å²) in [5.41, 5.74) is 7.64. The van der Waals surface area contributed by atoms with Gasteiger partial charge in [-0.05, 0) is 40.5 Å². The lowest BCUT2D eigenvalue weighted by Crippen LogP contribution is -1.97. The van der Waals surface area contributed by atoms with Crippen molar-refractivity contribution in [3.05, 3.63) is 122 Å². The van der Waals surface area contributed by atoms with Crippen molar-refractivity contribution in [3.63, 3.8) is 0 Å². The molecule has 5 aromatic rings. The first kappa shape index (κ1) is 20.0. The second-order valence-electron chi connectivity index (χ2n) is 7.23. The summed E-state index contributed by atoms with van der Waals surface area (Å²) < 4.78 is 4.96. The maximum absolute atomic E-state index is 4.96. The van der Waals surface area contributed by atoms with Gasteiger partial charge in [0.2, 0.25) is 5.16 Å². The number of aromatic nitrogens is 2. The molecule has 0 fully saturated rings. The first-order valence-corrected chi connectivity index (χ1v) is 11.2. The number of benzene rings is 4. The van der Waals surface area contributed by atoms with Gasteiger partial charge in [0.15, 0.2) is 0 Å². The van der Waals surface area contributed by atoms with E-state index in [2.05, 4.69) is 94.9 Å². The molecule has 0 spiro atoms. The van der Waals surface area contributed by atoms with E-state index < -0.39 is 0 Å². The van der Waals surface area contributed by atoms with Crippen LogP contribution in [-0.2, 0) is 0 Å². The molecule has 1 aromatic heterocycles. The van der Waals surface area contributed by atoms with Crippen molar-refractivity contribution in [2.45, 2.75) is 5.16 Å². The van der Waals surface area contributed by atoms with Crippen molar-refractivity contribution >= 4 is 17.6 Å². The number of nitrogens with zero attached hydrogens (tertiary/aromatic N) is 3. The van der Waals surface area contributed by atoms with Crippen LogP contribution < -0.4 is 4.72 Å². The smallest absolute Gasteiger partial charge is 0.210 e. The van der Waals surface area contributed by atoms with Crippen LogP contribution in [0.2, 0.25) is 0 Å². The Morgan fingerprint density at radius 2 is 0.969 bits per heavy atom. The highest BCUT2D eigenvalue weighted by molar-refractivity contribution is 7.97. The molecule has 0 aliphatic rings. The summed E-state index contributed by atoms with van der Waals surface area (Å²) in [5, 5.41) is 0.623. The zero-order valence-corrected chi connectivity index (χ0v) is 18.1. The fraction of sp³-hybridized carbons (Fsp3) is 0. The Bertz CT molecular complexity index is 1230. The molecule has 1 radical (unpaired) electrons. The fourth-order valence-electron chi connectivity index (χ4n) is 3.62. The van der Waals surface area contributed by atoms with E-state index in [0.29, 0.717) is 5.16 Å². The van der Waals surface area contributed by atoms with Crippen molar-refractivity contribution in [1.82, 2.24) is 14.7 Å². The fourth-order valence-corrected chi connectivity index (χ4v) is 4.21. The quantitative estimate of drug-likeness (QED) is 0.208. The molecule has 32 heavy (non-hydrogen) atoms. The Hall–Kier alpha value is -3.89. The zero-order chi connectivity index (χ0) is 21.6. The minimum absolute atomic E-state index is 0.623. The van der Waals surface area contributed by atoms with Crippen LogP contribution in [-0.4, -0.2) is 9.97 Å². The van der Waals surface area contributed by atoms with Gasteiger partial charge in [-0.25, -0.2) is 14.7 Å². The molecular weight excluding hydrogens is 410 g/mol. The minimum atomic E-state index is 0.623. The van der Waals surface area contributed by atoms with E-state index in [4.69, 9.17) is 4.72 Å². The third kappa shape index (κ3) is 4.41. The Morgan fingerprint density at radius 1 is 0.500 bits per heavy atom. The molecule has 0 atom stereocenters. The highest BCUT2D eigenvalue weighted by Gasteiger charge is 2.17. The summed E-state index contributed by atoms with van der Waals surface area (Å²) >= 11 is 1.30. The van der Waals surface area contributed by atoms with E-state index in [-0.39, 0.29) is 0 Å². The van der Waals surface area contributed by atoms with E-state index in [9.17, 15) is 0 Å². The van der Waals surface area contributed by atoms with Gasteiger partial charge in [-0.2, -0.15) is 0 Å². The Labute approximate surface area is 192 Å². The van der Waals surface area contributed by atoms with Gasteiger partial charge >= 0.3 is 0 Å². The van der Waals surface area contributed by atoms with Crippen LogP contribution in [0.25, 0.3) is 33.4 Å². The normalized spacial score (nSPS) is 10.6. The molecule has 4 aromatic carbocycles. The van der Waals surface area contributed by atoms with Crippen LogP contribution >= 0.6 is 11.9 Å². The summed E-state index contributed by atoms with van der Waals surface area (Å²) in [5.74, 6) is 0. The van der Waals surface area contributed by atoms with Gasteiger partial charge in [0.1, 0.15) is 0 Å². The van der Waals surface area contributed by atoms with Crippen molar-refractivity contribution in [2.75, 3.05) is 0 Å². The van der Waals surface area contributed by atoms with Crippen molar-refractivity contribution < 1.29 is 0 Å². The van der Waals surface area contributed by atoms with Gasteiger partial charge in [-0.15, -0.1) is 0 Å². The van der Waals surface area contributed by atoms with Gasteiger partial charge in [-0.1, -0.05) is 91.0 Å². The van der Waals surface area contributed by atoms with Gasteiger partial charge in [-0.3, -0.25) is 0 Å². The first-order chi connectivity index (χ1) is 15.9. The van der Waals surface area contributed by atoms with Crippen molar-refractivity contribution in [2.24, 2.45) is 0 Å². The monoisotopic (exact) mass is 430 g/mol. The summed E-state index contributed by atoms with van der Waals surface area (Å²) in [6.07, 6.45) is 3.47. The van der Waals surface area contributed by atoms with E-state index in [1.165, 1.54) is 17.5 Å². The van der Waals surface area contributed by atoms with Crippen molar-refractivity contribution in [3.8, 4) is 33.4 Å². The molecule has 0 aliphatic heterocycles. The maximum Gasteiger partial charge on any atom is 0.210 e. The standard InChI is InChI=1S/C28H20N3S/c1-4-11-21(12-5-1)24-19-25(22-13-6-2-7-14-22)27(31-32-28-29-17-10-18-30-28)26(20-24)23-15-8-3-9-16-23/h1-20H. The Balaban J connectivity index is 1.71. The lowest BCUT2D eigenvalue weighted by molar-refractivity contribution is 0.963. The van der Waals surface area contributed by atoms with Crippen LogP contribution in [0.15, 0.2) is 127 Å². The molecule has 0 unspecified atom stereocenters. The lowest BCUT2D eigenvalue weighted by atomic mass is 9.91. The predicted octanol–water partition coefficient (Wildman–Crippen LogP) is 7.42. The lowest BCUT2D eigenvalue weighted by Gasteiger charge is -2.17. The molecule has 0 N–H and O–H groups in total. The molecule has 0 saturated heterocycles. The number of hydrogen-bond acceptors (Lipinski definition) is 3. The molecule has 1 heterocycles. The summed E-state index contributed by atoms with van der Waals surface area (Å²) in [6, 6.07) is 37.5. The van der Waals surface area contributed by atoms with Gasteiger partial charge in [0.05, 0.1) is 17.6 Å². The molecule has 0 bridgehead atoms. The van der Waals surface area contributed by atoms with Gasteiger partial charge < -0.3 is 0 Å². The summed E-state index contributed by atoms with van der Waals surface area (Å²) in [6.45, 7) is 0. The average Bonchev–Trinajstić information content (AvgIpc) is 2.89. The molecule has 3 nitrogen and oxygen atoms in total. The largest absolute Gasteiger partial charge is 0.230 e. The predicted molar refractivity (Wildman–Crippen MR) is 132 cm³/mol. The maximum atomic E-state index is 4.96. The van der Waals surface area contributed by atoms with Crippen LogP contribution in [0.4, 0.5) is 5.69 Å². The second-order valence-corrected chi connectivity index (χ2v) is 7.96. The zero-order valence-electron chi connectivity index (χ0n) is 17.3. The average molecular weight is 431 g/mol. The van der Waals surface area contributed by atoms with E-state index in [1.54, 1.807) is 12.4 Å². The number of hydrogen-bond donors (Lipinski definition) is 0. The van der Waals surface area contributed by atoms with Crippen LogP contribution in [0.1, 0.15) is 0 Å².